The van der Waals surface area contributed by atoms with Crippen LogP contribution in [0.5, 0.6) is 11.5 Å². The van der Waals surface area contributed by atoms with Crippen molar-refractivity contribution in [2.75, 3.05) is 11.9 Å². The van der Waals surface area contributed by atoms with Gasteiger partial charge in [-0.3, -0.25) is 0 Å². The molecule has 2 aromatic carbocycles. The van der Waals surface area contributed by atoms with Gasteiger partial charge in [-0.05, 0) is 18.2 Å². The first-order valence-electron chi connectivity index (χ1n) is 6.26. The Morgan fingerprint density at radius 2 is 2.00 bits per heavy atom. The number of halogens is 1. The van der Waals surface area contributed by atoms with Crippen LogP contribution in [0.2, 0.25) is 0 Å². The smallest absolute Gasteiger partial charge is 0.151 e. The van der Waals surface area contributed by atoms with Gasteiger partial charge in [0.05, 0.1) is 5.69 Å². The Labute approximate surface area is 110 Å². The fourth-order valence-corrected chi connectivity index (χ4v) is 2.64. The number of fused-ring (bicyclic) bond motifs is 4. The molecule has 1 N–H and O–H groups in total. The molecule has 0 saturated heterocycles. The third-order valence-electron chi connectivity index (χ3n) is 3.55. The van der Waals surface area contributed by atoms with Crippen LogP contribution in [0.3, 0.4) is 0 Å². The lowest BCUT2D eigenvalue weighted by atomic mass is 9.97. The van der Waals surface area contributed by atoms with Crippen molar-refractivity contribution in [2.45, 2.75) is 12.1 Å². The summed E-state index contributed by atoms with van der Waals surface area (Å²) < 4.78 is 25.0. The third-order valence-corrected chi connectivity index (χ3v) is 3.55. The molecule has 19 heavy (non-hydrogen) atoms. The van der Waals surface area contributed by atoms with Crippen LogP contribution in [0.25, 0.3) is 0 Å². The number of rotatable bonds is 0. The second kappa shape index (κ2) is 3.88. The van der Waals surface area contributed by atoms with Gasteiger partial charge in [-0.1, -0.05) is 18.2 Å². The summed E-state index contributed by atoms with van der Waals surface area (Å²) >= 11 is 0. The van der Waals surface area contributed by atoms with Crippen molar-refractivity contribution in [2.24, 2.45) is 0 Å². The van der Waals surface area contributed by atoms with Crippen molar-refractivity contribution < 1.29 is 13.9 Å². The molecule has 0 bridgehead atoms. The average molecular weight is 257 g/mol. The number of hydrogen-bond donors (Lipinski definition) is 1. The molecule has 3 nitrogen and oxygen atoms in total. The summed E-state index contributed by atoms with van der Waals surface area (Å²) in [5.74, 6) is 1.10. The van der Waals surface area contributed by atoms with Gasteiger partial charge in [0.1, 0.15) is 30.0 Å². The van der Waals surface area contributed by atoms with Crippen LogP contribution >= 0.6 is 0 Å². The van der Waals surface area contributed by atoms with Crippen molar-refractivity contribution >= 4 is 5.69 Å². The normalized spacial score (nSPS) is 23.0. The van der Waals surface area contributed by atoms with E-state index in [4.69, 9.17) is 9.47 Å². The number of para-hydroxylation sites is 1. The monoisotopic (exact) mass is 257 g/mol. The van der Waals surface area contributed by atoms with Crippen molar-refractivity contribution in [3.05, 3.63) is 53.8 Å². The van der Waals surface area contributed by atoms with Crippen LogP contribution in [0, 0.1) is 5.82 Å². The second-order valence-electron chi connectivity index (χ2n) is 4.78. The quantitative estimate of drug-likeness (QED) is 0.786. The lowest BCUT2D eigenvalue weighted by Gasteiger charge is -2.38. The zero-order chi connectivity index (χ0) is 12.8. The fourth-order valence-electron chi connectivity index (χ4n) is 2.64. The highest BCUT2D eigenvalue weighted by atomic mass is 19.1. The van der Waals surface area contributed by atoms with Gasteiger partial charge in [-0.2, -0.15) is 0 Å². The van der Waals surface area contributed by atoms with E-state index in [-0.39, 0.29) is 18.0 Å². The molecular formula is C15H12FNO2. The van der Waals surface area contributed by atoms with Gasteiger partial charge in [-0.25, -0.2) is 4.39 Å². The van der Waals surface area contributed by atoms with Gasteiger partial charge in [-0.15, -0.1) is 0 Å². The molecule has 2 heterocycles. The van der Waals surface area contributed by atoms with E-state index in [1.165, 1.54) is 12.1 Å². The Morgan fingerprint density at radius 3 is 2.95 bits per heavy atom. The Balaban J connectivity index is 1.78. The van der Waals surface area contributed by atoms with E-state index in [9.17, 15) is 4.39 Å². The SMILES string of the molecule is Fc1ccc2c(c1)OC1c3ccccc3OCC1N2. The topological polar surface area (TPSA) is 30.5 Å². The lowest BCUT2D eigenvalue weighted by Crippen LogP contribution is -2.42. The molecule has 96 valence electrons. The summed E-state index contributed by atoms with van der Waals surface area (Å²) in [6.07, 6.45) is -0.140. The molecule has 0 radical (unpaired) electrons. The maximum atomic E-state index is 13.3. The first-order valence-corrected chi connectivity index (χ1v) is 6.26. The summed E-state index contributed by atoms with van der Waals surface area (Å²) in [4.78, 5) is 0. The lowest BCUT2D eigenvalue weighted by molar-refractivity contribution is 0.111. The highest BCUT2D eigenvalue weighted by molar-refractivity contribution is 5.60. The van der Waals surface area contributed by atoms with Crippen LogP contribution in [0.4, 0.5) is 10.1 Å². The minimum Gasteiger partial charge on any atom is -0.491 e. The molecule has 0 aliphatic carbocycles. The molecule has 2 unspecified atom stereocenters. The summed E-state index contributed by atoms with van der Waals surface area (Å²) in [7, 11) is 0. The molecular weight excluding hydrogens is 245 g/mol. The van der Waals surface area contributed by atoms with Crippen LogP contribution in [-0.4, -0.2) is 12.6 Å². The standard InChI is InChI=1S/C15H12FNO2/c16-9-5-6-11-14(7-9)19-15-10-3-1-2-4-13(10)18-8-12(15)17-11/h1-7,12,15,17H,8H2. The molecule has 0 fully saturated rings. The van der Waals surface area contributed by atoms with Crippen LogP contribution in [0.15, 0.2) is 42.5 Å². The van der Waals surface area contributed by atoms with Crippen LogP contribution < -0.4 is 14.8 Å². The predicted octanol–water partition coefficient (Wildman–Crippen LogP) is 3.13. The maximum Gasteiger partial charge on any atom is 0.151 e. The van der Waals surface area contributed by atoms with E-state index in [2.05, 4.69) is 5.32 Å². The Kier molecular flexibility index (Phi) is 2.18. The van der Waals surface area contributed by atoms with Gasteiger partial charge in [0.25, 0.3) is 0 Å². The van der Waals surface area contributed by atoms with Crippen molar-refractivity contribution in [1.82, 2.24) is 0 Å². The van der Waals surface area contributed by atoms with Gasteiger partial charge >= 0.3 is 0 Å². The molecule has 4 rings (SSSR count). The fraction of sp³-hybridized carbons (Fsp3) is 0.200. The van der Waals surface area contributed by atoms with Gasteiger partial charge in [0.2, 0.25) is 0 Å². The minimum atomic E-state index is -0.292. The summed E-state index contributed by atoms with van der Waals surface area (Å²) in [5, 5.41) is 3.35. The molecule has 2 aliphatic heterocycles. The van der Waals surface area contributed by atoms with Crippen molar-refractivity contribution in [1.29, 1.82) is 0 Å². The van der Waals surface area contributed by atoms with E-state index < -0.39 is 0 Å². The number of nitrogens with one attached hydrogen (secondary N) is 1. The predicted molar refractivity (Wildman–Crippen MR) is 69.1 cm³/mol. The minimum absolute atomic E-state index is 0.0489. The van der Waals surface area contributed by atoms with Gasteiger partial charge < -0.3 is 14.8 Å². The van der Waals surface area contributed by atoms with Gasteiger partial charge in [0.15, 0.2) is 6.10 Å². The number of anilines is 1. The molecule has 0 aromatic heterocycles. The first-order chi connectivity index (χ1) is 9.31. The van der Waals surface area contributed by atoms with Crippen molar-refractivity contribution in [3.8, 4) is 11.5 Å². The molecule has 0 spiro atoms. The number of hydrogen-bond acceptors (Lipinski definition) is 3. The molecule has 0 amide bonds. The highest BCUT2D eigenvalue weighted by Crippen LogP contribution is 2.42. The van der Waals surface area contributed by atoms with E-state index in [0.717, 1.165) is 17.0 Å². The number of ether oxygens (including phenoxy) is 2. The largest absolute Gasteiger partial charge is 0.491 e. The molecule has 4 heteroatoms. The summed E-state index contributed by atoms with van der Waals surface area (Å²) in [6.45, 7) is 0.540. The zero-order valence-electron chi connectivity index (χ0n) is 10.1. The van der Waals surface area contributed by atoms with E-state index in [0.29, 0.717) is 12.4 Å². The summed E-state index contributed by atoms with van der Waals surface area (Å²) in [6, 6.07) is 12.4. The first kappa shape index (κ1) is 10.7. The molecule has 2 aromatic rings. The van der Waals surface area contributed by atoms with Crippen molar-refractivity contribution in [3.63, 3.8) is 0 Å². The maximum absolute atomic E-state index is 13.3. The molecule has 0 saturated carbocycles. The van der Waals surface area contributed by atoms with E-state index in [1.807, 2.05) is 24.3 Å². The highest BCUT2D eigenvalue weighted by Gasteiger charge is 2.36. The Hall–Kier alpha value is -2.23. The van der Waals surface area contributed by atoms with Crippen LogP contribution in [-0.2, 0) is 0 Å². The Bertz CT molecular complexity index is 644. The number of benzene rings is 2. The van der Waals surface area contributed by atoms with E-state index >= 15 is 0 Å². The average Bonchev–Trinajstić information content (AvgIpc) is 2.45. The van der Waals surface area contributed by atoms with Gasteiger partial charge in [0, 0.05) is 11.6 Å². The summed E-state index contributed by atoms with van der Waals surface area (Å²) in [5.41, 5.74) is 1.81. The molecule has 2 atom stereocenters. The third kappa shape index (κ3) is 1.63. The zero-order valence-corrected chi connectivity index (χ0v) is 10.1. The Morgan fingerprint density at radius 1 is 1.11 bits per heavy atom. The second-order valence-corrected chi connectivity index (χ2v) is 4.78. The van der Waals surface area contributed by atoms with Crippen LogP contribution in [0.1, 0.15) is 11.7 Å². The molecule has 2 aliphatic rings. The van der Waals surface area contributed by atoms with E-state index in [1.54, 1.807) is 6.07 Å².